The molecule has 28 heavy (non-hydrogen) atoms. The Morgan fingerprint density at radius 2 is 1.86 bits per heavy atom. The number of rotatable bonds is 11. The Bertz CT molecular complexity index is 732. The van der Waals surface area contributed by atoms with Gasteiger partial charge in [-0.15, -0.1) is 0 Å². The first-order chi connectivity index (χ1) is 13.6. The van der Waals surface area contributed by atoms with Crippen LogP contribution in [0.25, 0.3) is 0 Å². The summed E-state index contributed by atoms with van der Waals surface area (Å²) in [6, 6.07) is 16.8. The highest BCUT2D eigenvalue weighted by Gasteiger charge is 2.42. The van der Waals surface area contributed by atoms with Crippen LogP contribution in [-0.2, 0) is 21.4 Å². The number of hydrogen-bond acceptors (Lipinski definition) is 3. The van der Waals surface area contributed by atoms with Gasteiger partial charge in [-0.1, -0.05) is 80.8 Å². The highest BCUT2D eigenvalue weighted by Crippen LogP contribution is 2.32. The molecule has 4 heteroatoms. The van der Waals surface area contributed by atoms with E-state index in [1.807, 2.05) is 55.5 Å². The molecule has 0 spiro atoms. The number of carbonyl (C=O) groups excluding carboxylic acids is 1. The zero-order valence-corrected chi connectivity index (χ0v) is 17.6. The first-order valence-corrected chi connectivity index (χ1v) is 10.6. The van der Waals surface area contributed by atoms with E-state index in [0.29, 0.717) is 11.4 Å². The molecule has 3 nitrogen and oxygen atoms in total. The SMILES string of the molecule is CCCCCC(CC)OC(=O)C(CO)(Cc1cccc(Cl)c1)c1ccccc1. The lowest BCUT2D eigenvalue weighted by molar-refractivity contribution is -0.158. The second-order valence-corrected chi connectivity index (χ2v) is 7.78. The van der Waals surface area contributed by atoms with Crippen LogP contribution >= 0.6 is 11.6 Å². The zero-order valence-electron chi connectivity index (χ0n) is 16.9. The molecule has 2 atom stereocenters. The fourth-order valence-corrected chi connectivity index (χ4v) is 3.70. The number of halogens is 1. The van der Waals surface area contributed by atoms with Crippen LogP contribution in [0.1, 0.15) is 57.1 Å². The monoisotopic (exact) mass is 402 g/mol. The molecule has 0 aliphatic carbocycles. The summed E-state index contributed by atoms with van der Waals surface area (Å²) < 4.78 is 5.93. The van der Waals surface area contributed by atoms with E-state index < -0.39 is 5.41 Å². The summed E-state index contributed by atoms with van der Waals surface area (Å²) in [6.07, 6.45) is 5.11. The van der Waals surface area contributed by atoms with Crippen molar-refractivity contribution in [2.45, 2.75) is 63.9 Å². The molecule has 0 radical (unpaired) electrons. The van der Waals surface area contributed by atoms with Crippen molar-refractivity contribution in [2.75, 3.05) is 6.61 Å². The molecule has 1 N–H and O–H groups in total. The van der Waals surface area contributed by atoms with Crippen LogP contribution in [-0.4, -0.2) is 23.8 Å². The van der Waals surface area contributed by atoms with Crippen LogP contribution in [0.15, 0.2) is 54.6 Å². The number of hydrogen-bond donors (Lipinski definition) is 1. The largest absolute Gasteiger partial charge is 0.462 e. The minimum absolute atomic E-state index is 0.131. The molecule has 0 saturated heterocycles. The van der Waals surface area contributed by atoms with E-state index in [0.717, 1.165) is 43.2 Å². The molecule has 0 amide bonds. The maximum absolute atomic E-state index is 13.4. The molecule has 0 heterocycles. The van der Waals surface area contributed by atoms with E-state index >= 15 is 0 Å². The van der Waals surface area contributed by atoms with Crippen LogP contribution < -0.4 is 0 Å². The molecule has 0 bridgehead atoms. The van der Waals surface area contributed by atoms with Crippen LogP contribution in [0.5, 0.6) is 0 Å². The van der Waals surface area contributed by atoms with Crippen LogP contribution in [0.4, 0.5) is 0 Å². The summed E-state index contributed by atoms with van der Waals surface area (Å²) in [5, 5.41) is 11.0. The van der Waals surface area contributed by atoms with Gasteiger partial charge in [0.05, 0.1) is 6.61 Å². The predicted octanol–water partition coefficient (Wildman–Crippen LogP) is 5.71. The van der Waals surface area contributed by atoms with Crippen molar-refractivity contribution in [3.8, 4) is 0 Å². The van der Waals surface area contributed by atoms with Gasteiger partial charge in [0.25, 0.3) is 0 Å². The van der Waals surface area contributed by atoms with Gasteiger partial charge in [0.2, 0.25) is 0 Å². The second-order valence-electron chi connectivity index (χ2n) is 7.34. The number of unbranched alkanes of at least 4 members (excludes halogenated alkanes) is 2. The molecular formula is C24H31ClO3. The highest BCUT2D eigenvalue weighted by atomic mass is 35.5. The van der Waals surface area contributed by atoms with Crippen molar-refractivity contribution in [3.63, 3.8) is 0 Å². The fourth-order valence-electron chi connectivity index (χ4n) is 3.49. The average Bonchev–Trinajstić information content (AvgIpc) is 2.72. The molecule has 2 rings (SSSR count). The van der Waals surface area contributed by atoms with Crippen molar-refractivity contribution in [2.24, 2.45) is 0 Å². The van der Waals surface area contributed by atoms with Gasteiger partial charge in [-0.3, -0.25) is 4.79 Å². The van der Waals surface area contributed by atoms with E-state index in [-0.39, 0.29) is 18.7 Å². The Kier molecular flexibility index (Phi) is 9.01. The van der Waals surface area contributed by atoms with Crippen LogP contribution in [0.2, 0.25) is 5.02 Å². The summed E-state index contributed by atoms with van der Waals surface area (Å²) in [5.74, 6) is -0.371. The van der Waals surface area contributed by atoms with Gasteiger partial charge in [-0.25, -0.2) is 0 Å². The van der Waals surface area contributed by atoms with Gasteiger partial charge in [0.1, 0.15) is 11.5 Å². The molecule has 0 aromatic heterocycles. The third kappa shape index (κ3) is 5.83. The topological polar surface area (TPSA) is 46.5 Å². The fraction of sp³-hybridized carbons (Fsp3) is 0.458. The van der Waals surface area contributed by atoms with E-state index in [4.69, 9.17) is 16.3 Å². The van der Waals surface area contributed by atoms with Crippen molar-refractivity contribution in [3.05, 3.63) is 70.7 Å². The lowest BCUT2D eigenvalue weighted by Crippen LogP contribution is -2.44. The van der Waals surface area contributed by atoms with Crippen molar-refractivity contribution >= 4 is 17.6 Å². The molecule has 0 saturated carbocycles. The molecule has 2 unspecified atom stereocenters. The lowest BCUT2D eigenvalue weighted by atomic mass is 9.76. The summed E-state index contributed by atoms with van der Waals surface area (Å²) in [7, 11) is 0. The third-order valence-corrected chi connectivity index (χ3v) is 5.48. The number of esters is 1. The number of carbonyl (C=O) groups is 1. The first-order valence-electron chi connectivity index (χ1n) is 10.2. The molecule has 152 valence electrons. The maximum atomic E-state index is 13.4. The Labute approximate surface area is 173 Å². The Morgan fingerprint density at radius 1 is 1.11 bits per heavy atom. The molecule has 0 fully saturated rings. The first kappa shape index (κ1) is 22.4. The average molecular weight is 403 g/mol. The highest BCUT2D eigenvalue weighted by molar-refractivity contribution is 6.30. The molecule has 2 aromatic carbocycles. The van der Waals surface area contributed by atoms with Gasteiger partial charge in [0, 0.05) is 5.02 Å². The lowest BCUT2D eigenvalue weighted by Gasteiger charge is -2.32. The Hall–Kier alpha value is -1.84. The third-order valence-electron chi connectivity index (χ3n) is 5.24. The quantitative estimate of drug-likeness (QED) is 0.386. The number of ether oxygens (including phenoxy) is 1. The molecule has 0 aliphatic rings. The van der Waals surface area contributed by atoms with Crippen LogP contribution in [0.3, 0.4) is 0 Å². The normalized spacial score (nSPS) is 14.3. The molecule has 0 aliphatic heterocycles. The van der Waals surface area contributed by atoms with Gasteiger partial charge < -0.3 is 9.84 Å². The number of aliphatic hydroxyl groups excluding tert-OH is 1. The second kappa shape index (κ2) is 11.2. The van der Waals surface area contributed by atoms with Crippen LogP contribution in [0, 0.1) is 0 Å². The predicted molar refractivity (Wildman–Crippen MR) is 115 cm³/mol. The summed E-state index contributed by atoms with van der Waals surface area (Å²) in [5.41, 5.74) is 0.497. The van der Waals surface area contributed by atoms with E-state index in [2.05, 4.69) is 6.92 Å². The number of aliphatic hydroxyl groups is 1. The van der Waals surface area contributed by atoms with E-state index in [1.165, 1.54) is 0 Å². The minimum Gasteiger partial charge on any atom is -0.462 e. The minimum atomic E-state index is -1.15. The Morgan fingerprint density at radius 3 is 2.46 bits per heavy atom. The van der Waals surface area contributed by atoms with Gasteiger partial charge in [-0.2, -0.15) is 0 Å². The zero-order chi connectivity index (χ0) is 20.4. The molecular weight excluding hydrogens is 372 g/mol. The smallest absolute Gasteiger partial charge is 0.319 e. The van der Waals surface area contributed by atoms with Gasteiger partial charge in [0.15, 0.2) is 0 Å². The van der Waals surface area contributed by atoms with Crippen molar-refractivity contribution in [1.29, 1.82) is 0 Å². The van der Waals surface area contributed by atoms with E-state index in [1.54, 1.807) is 6.07 Å². The van der Waals surface area contributed by atoms with Gasteiger partial charge in [-0.05, 0) is 48.9 Å². The summed E-state index contributed by atoms with van der Waals surface area (Å²) in [4.78, 5) is 13.4. The summed E-state index contributed by atoms with van der Waals surface area (Å²) in [6.45, 7) is 3.86. The van der Waals surface area contributed by atoms with Crippen molar-refractivity contribution in [1.82, 2.24) is 0 Å². The number of benzene rings is 2. The van der Waals surface area contributed by atoms with Crippen molar-refractivity contribution < 1.29 is 14.6 Å². The summed E-state index contributed by atoms with van der Waals surface area (Å²) >= 11 is 6.14. The maximum Gasteiger partial charge on any atom is 0.319 e. The van der Waals surface area contributed by atoms with Gasteiger partial charge >= 0.3 is 5.97 Å². The molecule has 2 aromatic rings. The Balaban J connectivity index is 2.32. The standard InChI is InChI=1S/C24H31ClO3/c1-3-5-7-15-22(4-2)28-23(27)24(18-26,20-12-8-6-9-13-20)17-19-11-10-14-21(25)16-19/h6,8-14,16,22,26H,3-5,7,15,17-18H2,1-2H3. The van der Waals surface area contributed by atoms with E-state index in [9.17, 15) is 9.90 Å².